The summed E-state index contributed by atoms with van der Waals surface area (Å²) in [5, 5.41) is 113. The van der Waals surface area contributed by atoms with Crippen LogP contribution in [-0.4, -0.2) is 46.0 Å². The van der Waals surface area contributed by atoms with Crippen LogP contribution in [0.15, 0.2) is 158 Å². The van der Waals surface area contributed by atoms with Crippen molar-refractivity contribution in [2.45, 2.75) is 34.6 Å². The summed E-state index contributed by atoms with van der Waals surface area (Å²) in [7, 11) is 0. The minimum atomic E-state index is -1.14. The maximum absolute atomic E-state index is 12.4. The van der Waals surface area contributed by atoms with E-state index in [4.69, 9.17) is 0 Å². The minimum absolute atomic E-state index is 0.127. The Morgan fingerprint density at radius 3 is 0.795 bits per heavy atom. The molecule has 0 saturated heterocycles. The van der Waals surface area contributed by atoms with Crippen LogP contribution in [0.2, 0.25) is 0 Å². The molecule has 13 rings (SSSR count). The van der Waals surface area contributed by atoms with Crippen molar-refractivity contribution in [1.82, 2.24) is 0 Å². The van der Waals surface area contributed by atoms with Crippen LogP contribution in [0, 0.1) is 34.6 Å². The molecule has 0 heterocycles. The molecule has 78 heavy (non-hydrogen) atoms. The molecule has 0 amide bonds. The first-order chi connectivity index (χ1) is 37.5. The highest BCUT2D eigenvalue weighted by Crippen LogP contribution is 2.65. The van der Waals surface area contributed by atoms with E-state index in [0.717, 1.165) is 67.2 Å². The van der Waals surface area contributed by atoms with Gasteiger partial charge in [0.05, 0.1) is 22.5 Å². The first kappa shape index (κ1) is 47.5. The Balaban J connectivity index is 1.28. The van der Waals surface area contributed by atoms with Gasteiger partial charge >= 0.3 is 0 Å². The molecule has 0 aromatic heterocycles. The van der Waals surface area contributed by atoms with E-state index in [0.29, 0.717) is 53.9 Å². The molecule has 13 aromatic rings. The molecule has 0 radical (unpaired) electrons. The fourth-order valence-electron chi connectivity index (χ4n) is 11.9. The van der Waals surface area contributed by atoms with Gasteiger partial charge in [-0.05, 0) is 149 Å². The van der Waals surface area contributed by atoms with Gasteiger partial charge in [0.15, 0.2) is 34.5 Å². The molecule has 0 atom stereocenters. The minimum Gasteiger partial charge on any atom is -0.504 e. The van der Waals surface area contributed by atoms with Gasteiger partial charge in [-0.1, -0.05) is 119 Å². The quantitative estimate of drug-likeness (QED) is 0.0520. The number of nitrogens with zero attached hydrogens (tertiary/aromatic N) is 2. The summed E-state index contributed by atoms with van der Waals surface area (Å²) in [4.78, 5) is 4.30. The van der Waals surface area contributed by atoms with Crippen LogP contribution in [0.4, 0.5) is 34.1 Å². The van der Waals surface area contributed by atoms with Gasteiger partial charge in [0.1, 0.15) is 0 Å². The number of hydrogen-bond donors (Lipinski definition) is 9. The van der Waals surface area contributed by atoms with Gasteiger partial charge in [-0.3, -0.25) is 0 Å². The Labute approximate surface area is 446 Å². The number of benzene rings is 11. The lowest BCUT2D eigenvalue weighted by Crippen LogP contribution is -2.10. The predicted molar refractivity (Wildman–Crippen MR) is 313 cm³/mol. The fraction of sp³-hybridized carbons (Fsp3) is 0.0746. The number of fused-ring (bicyclic) bond motifs is 6. The summed E-state index contributed by atoms with van der Waals surface area (Å²) in [5.74, 6) is -7.92. The largest absolute Gasteiger partial charge is 0.504 e. The number of phenols is 9. The van der Waals surface area contributed by atoms with E-state index in [1.54, 1.807) is 0 Å². The standard InChI is InChI=1S/C67H50N2O9/c1-32-12-20-37(21-13-32)68(38-22-14-33(2)15-23-38)47-30-28-45-50-42(47)9-7-11-44(50)52-53(45)55(57-61(72)59(70)36(5)60(71)62(57)73)51-43-10-6-8-41-48(69(39-24-16-34(3)17-25-39)40-26-18-35(4)19-27-40)31-29-46(49(41)43)54(51)56(52)58-63(74)65(76)67(78)66(77)64(58)75/h6-31,70-78H,1-5H3. The van der Waals surface area contributed by atoms with Crippen molar-refractivity contribution >= 4 is 98.8 Å². The number of anilines is 6. The molecule has 0 aliphatic rings. The molecule has 9 N–H and O–H groups in total. The van der Waals surface area contributed by atoms with Gasteiger partial charge in [0, 0.05) is 50.2 Å². The van der Waals surface area contributed by atoms with Crippen molar-refractivity contribution in [2.75, 3.05) is 9.80 Å². The normalized spacial score (nSPS) is 11.9. The molecule has 0 unspecified atom stereocenters. The van der Waals surface area contributed by atoms with Crippen LogP contribution in [0.5, 0.6) is 51.7 Å². The fourth-order valence-corrected chi connectivity index (χ4v) is 11.9. The first-order valence-corrected chi connectivity index (χ1v) is 25.4. The van der Waals surface area contributed by atoms with Gasteiger partial charge < -0.3 is 55.8 Å². The van der Waals surface area contributed by atoms with Crippen LogP contribution in [0.25, 0.3) is 86.9 Å². The van der Waals surface area contributed by atoms with Gasteiger partial charge in [0.25, 0.3) is 0 Å². The van der Waals surface area contributed by atoms with Gasteiger partial charge in [-0.15, -0.1) is 0 Å². The Hall–Kier alpha value is -10.3. The van der Waals surface area contributed by atoms with Crippen LogP contribution >= 0.6 is 0 Å². The molecule has 382 valence electrons. The zero-order valence-electron chi connectivity index (χ0n) is 42.9. The summed E-state index contributed by atoms with van der Waals surface area (Å²) < 4.78 is 0. The first-order valence-electron chi connectivity index (χ1n) is 25.4. The zero-order valence-corrected chi connectivity index (χ0v) is 42.9. The summed E-state index contributed by atoms with van der Waals surface area (Å²) in [6.07, 6.45) is 0. The van der Waals surface area contributed by atoms with E-state index >= 15 is 0 Å². The molecule has 0 bridgehead atoms. The second-order valence-electron chi connectivity index (χ2n) is 20.5. The smallest absolute Gasteiger partial charge is 0.208 e. The van der Waals surface area contributed by atoms with Gasteiger partial charge in [0.2, 0.25) is 17.2 Å². The number of aromatic hydroxyl groups is 9. The molecule has 0 saturated carbocycles. The molecular formula is C67H50N2O9. The highest BCUT2D eigenvalue weighted by Gasteiger charge is 2.36. The van der Waals surface area contributed by atoms with Crippen LogP contribution in [0.1, 0.15) is 27.8 Å². The maximum atomic E-state index is 12.4. The molecular weight excluding hydrogens is 977 g/mol. The van der Waals surface area contributed by atoms with Crippen molar-refractivity contribution < 1.29 is 46.0 Å². The third-order valence-corrected chi connectivity index (χ3v) is 15.8. The molecule has 0 aliphatic heterocycles. The Kier molecular flexibility index (Phi) is 10.4. The Bertz CT molecular complexity index is 4130. The molecule has 0 aliphatic carbocycles. The number of rotatable bonds is 8. The molecule has 0 spiro atoms. The summed E-state index contributed by atoms with van der Waals surface area (Å²) in [6.45, 7) is 9.48. The second kappa shape index (κ2) is 17.1. The SMILES string of the molecule is Cc1ccc(N(c2ccc(C)cc2)c2ccc3c4c(-c5c(O)c(O)c(C)c(O)c5O)c5c6cccc7c(N(c8ccc(C)cc8)c8ccc(C)cc8)ccc(c5c(-c5c(O)c(O)c(O)c(O)c5O)c4c4cccc2c34)c76)cc1. The van der Waals surface area contributed by atoms with Gasteiger partial charge in [-0.25, -0.2) is 0 Å². The van der Waals surface area contributed by atoms with Crippen LogP contribution in [0.3, 0.4) is 0 Å². The Morgan fingerprint density at radius 2 is 0.487 bits per heavy atom. The van der Waals surface area contributed by atoms with Crippen LogP contribution in [-0.2, 0) is 0 Å². The number of phenolic OH excluding ortho intramolecular Hbond substituents is 9. The molecule has 0 fully saturated rings. The second-order valence-corrected chi connectivity index (χ2v) is 20.5. The van der Waals surface area contributed by atoms with E-state index in [2.05, 4.69) is 58.3 Å². The maximum Gasteiger partial charge on any atom is 0.208 e. The predicted octanol–water partition coefficient (Wildman–Crippen LogP) is 16.6. The van der Waals surface area contributed by atoms with E-state index in [-0.39, 0.29) is 22.3 Å². The monoisotopic (exact) mass is 1030 g/mol. The average Bonchev–Trinajstić information content (AvgIpc) is 2.82. The van der Waals surface area contributed by atoms with E-state index < -0.39 is 57.3 Å². The summed E-state index contributed by atoms with van der Waals surface area (Å²) in [5.41, 5.74) is 8.81. The van der Waals surface area contributed by atoms with Crippen molar-refractivity contribution in [2.24, 2.45) is 0 Å². The number of aryl methyl sites for hydroxylation is 4. The zero-order chi connectivity index (χ0) is 54.3. The number of hydrogen-bond acceptors (Lipinski definition) is 11. The van der Waals surface area contributed by atoms with Crippen molar-refractivity contribution in [3.8, 4) is 74.0 Å². The van der Waals surface area contributed by atoms with E-state index in [1.165, 1.54) is 6.92 Å². The third kappa shape index (κ3) is 6.64. The topological polar surface area (TPSA) is 189 Å². The van der Waals surface area contributed by atoms with Crippen molar-refractivity contribution in [3.05, 3.63) is 186 Å². The Morgan fingerprint density at radius 1 is 0.231 bits per heavy atom. The summed E-state index contributed by atoms with van der Waals surface area (Å²) in [6, 6.07) is 52.1. The molecule has 11 nitrogen and oxygen atoms in total. The highest BCUT2D eigenvalue weighted by molar-refractivity contribution is 6.48. The van der Waals surface area contributed by atoms with E-state index in [1.807, 2.05) is 137 Å². The van der Waals surface area contributed by atoms with Crippen molar-refractivity contribution in [1.29, 1.82) is 0 Å². The van der Waals surface area contributed by atoms with E-state index in [9.17, 15) is 46.0 Å². The molecule has 11 heteroatoms. The summed E-state index contributed by atoms with van der Waals surface area (Å²) >= 11 is 0. The third-order valence-electron chi connectivity index (χ3n) is 15.8. The lowest BCUT2D eigenvalue weighted by atomic mass is 9.85. The highest BCUT2D eigenvalue weighted by atomic mass is 16.4. The van der Waals surface area contributed by atoms with Crippen LogP contribution < -0.4 is 9.80 Å². The lowest BCUT2D eigenvalue weighted by Gasteiger charge is -2.27. The molecule has 13 aromatic carbocycles. The lowest BCUT2D eigenvalue weighted by molar-refractivity contribution is 0.330. The average molecular weight is 1030 g/mol. The van der Waals surface area contributed by atoms with Crippen molar-refractivity contribution in [3.63, 3.8) is 0 Å². The van der Waals surface area contributed by atoms with Gasteiger partial charge in [-0.2, -0.15) is 0 Å².